The summed E-state index contributed by atoms with van der Waals surface area (Å²) < 4.78 is 5.38. The highest BCUT2D eigenvalue weighted by Crippen LogP contribution is 2.21. The molecule has 0 bridgehead atoms. The average Bonchev–Trinajstić information content (AvgIpc) is 2.55. The Morgan fingerprint density at radius 3 is 2.77 bits per heavy atom. The number of benzene rings is 1. The van der Waals surface area contributed by atoms with E-state index >= 15 is 0 Å². The van der Waals surface area contributed by atoms with Crippen LogP contribution >= 0.6 is 0 Å². The molecule has 1 aromatic heterocycles. The van der Waals surface area contributed by atoms with Crippen LogP contribution in [-0.4, -0.2) is 41.6 Å². The van der Waals surface area contributed by atoms with E-state index in [2.05, 4.69) is 4.98 Å². The number of ether oxygens (including phenoxy) is 1. The Labute approximate surface area is 128 Å². The van der Waals surface area contributed by atoms with Gasteiger partial charge in [-0.3, -0.25) is 9.59 Å². The van der Waals surface area contributed by atoms with Gasteiger partial charge in [-0.15, -0.1) is 0 Å². The Morgan fingerprint density at radius 1 is 1.32 bits per heavy atom. The number of aromatic amines is 1. The molecule has 5 heteroatoms. The molecule has 1 saturated heterocycles. The summed E-state index contributed by atoms with van der Waals surface area (Å²) in [6.07, 6.45) is 1.70. The van der Waals surface area contributed by atoms with Crippen LogP contribution in [-0.2, 0) is 4.74 Å². The molecule has 1 amide bonds. The molecule has 1 fully saturated rings. The predicted molar refractivity (Wildman–Crippen MR) is 85.1 cm³/mol. The third-order valence-electron chi connectivity index (χ3n) is 4.21. The second kappa shape index (κ2) is 6.32. The molecule has 2 aromatic rings. The molecule has 0 saturated carbocycles. The third kappa shape index (κ3) is 2.76. The van der Waals surface area contributed by atoms with Gasteiger partial charge >= 0.3 is 0 Å². The van der Waals surface area contributed by atoms with E-state index in [1.165, 1.54) is 6.07 Å². The van der Waals surface area contributed by atoms with E-state index in [1.807, 2.05) is 36.1 Å². The molecule has 2 heterocycles. The lowest BCUT2D eigenvalue weighted by Crippen LogP contribution is -2.43. The van der Waals surface area contributed by atoms with Crippen LogP contribution in [0.1, 0.15) is 30.1 Å². The minimum Gasteiger partial charge on any atom is -0.381 e. The van der Waals surface area contributed by atoms with Gasteiger partial charge < -0.3 is 14.6 Å². The van der Waals surface area contributed by atoms with Crippen molar-refractivity contribution < 1.29 is 9.53 Å². The number of H-pyrrole nitrogens is 1. The number of pyridine rings is 1. The van der Waals surface area contributed by atoms with Crippen LogP contribution in [0.3, 0.4) is 0 Å². The summed E-state index contributed by atoms with van der Waals surface area (Å²) >= 11 is 0. The van der Waals surface area contributed by atoms with Crippen molar-refractivity contribution >= 4 is 16.8 Å². The zero-order chi connectivity index (χ0) is 15.5. The minimum atomic E-state index is -0.245. The number of fused-ring (bicyclic) bond motifs is 1. The number of para-hydroxylation sites is 1. The molecule has 1 aliphatic heterocycles. The average molecular weight is 300 g/mol. The van der Waals surface area contributed by atoms with Gasteiger partial charge in [0.2, 0.25) is 5.56 Å². The number of nitrogens with one attached hydrogen (secondary N) is 1. The first-order valence-electron chi connectivity index (χ1n) is 7.71. The van der Waals surface area contributed by atoms with E-state index in [-0.39, 0.29) is 17.5 Å². The summed E-state index contributed by atoms with van der Waals surface area (Å²) in [5, 5.41) is 0.789. The van der Waals surface area contributed by atoms with Gasteiger partial charge in [0, 0.05) is 42.8 Å². The molecule has 1 aromatic carbocycles. The lowest BCUT2D eigenvalue weighted by molar-refractivity contribution is 0.0306. The molecule has 1 aliphatic rings. The first-order chi connectivity index (χ1) is 10.7. The van der Waals surface area contributed by atoms with Crippen molar-refractivity contribution in [1.82, 2.24) is 9.88 Å². The second-order valence-electron chi connectivity index (χ2n) is 5.53. The number of rotatable bonds is 3. The Morgan fingerprint density at radius 2 is 2.05 bits per heavy atom. The van der Waals surface area contributed by atoms with E-state index in [0.717, 1.165) is 18.2 Å². The van der Waals surface area contributed by atoms with Crippen LogP contribution in [0.5, 0.6) is 0 Å². The second-order valence-corrected chi connectivity index (χ2v) is 5.53. The fraction of sp³-hybridized carbons (Fsp3) is 0.412. The monoisotopic (exact) mass is 300 g/mol. The number of aromatic nitrogens is 1. The quantitative estimate of drug-likeness (QED) is 0.945. The number of carbonyl (C=O) groups is 1. The summed E-state index contributed by atoms with van der Waals surface area (Å²) in [5.74, 6) is -0.0725. The molecule has 116 valence electrons. The topological polar surface area (TPSA) is 62.4 Å². The molecule has 0 radical (unpaired) electrons. The van der Waals surface area contributed by atoms with Crippen LogP contribution in [0.2, 0.25) is 0 Å². The lowest BCUT2D eigenvalue weighted by Gasteiger charge is -2.33. The van der Waals surface area contributed by atoms with Gasteiger partial charge in [0.25, 0.3) is 5.91 Å². The van der Waals surface area contributed by atoms with Gasteiger partial charge in [-0.25, -0.2) is 0 Å². The van der Waals surface area contributed by atoms with Crippen LogP contribution in [0.4, 0.5) is 0 Å². The Kier molecular flexibility index (Phi) is 4.24. The van der Waals surface area contributed by atoms with Crippen molar-refractivity contribution in [3.8, 4) is 0 Å². The highest BCUT2D eigenvalue weighted by Gasteiger charge is 2.26. The Bertz CT molecular complexity index is 732. The zero-order valence-corrected chi connectivity index (χ0v) is 12.7. The molecule has 3 rings (SSSR count). The number of amides is 1. The summed E-state index contributed by atoms with van der Waals surface area (Å²) in [7, 11) is 0. The summed E-state index contributed by atoms with van der Waals surface area (Å²) in [6.45, 7) is 3.97. The van der Waals surface area contributed by atoms with E-state index < -0.39 is 0 Å². The summed E-state index contributed by atoms with van der Waals surface area (Å²) in [5.41, 5.74) is 0.930. The standard InChI is InChI=1S/C17H20N2O3/c1-2-19(12-7-9-22-10-8-12)17(21)14-11-16(20)18-15-6-4-3-5-13(14)15/h3-6,11-12H,2,7-10H2,1H3,(H,18,20). The normalized spacial score (nSPS) is 15.9. The first-order valence-corrected chi connectivity index (χ1v) is 7.71. The smallest absolute Gasteiger partial charge is 0.254 e. The van der Waals surface area contributed by atoms with E-state index in [4.69, 9.17) is 4.74 Å². The van der Waals surface area contributed by atoms with Gasteiger partial charge in [0.1, 0.15) is 0 Å². The molecule has 22 heavy (non-hydrogen) atoms. The van der Waals surface area contributed by atoms with Crippen molar-refractivity contribution in [2.75, 3.05) is 19.8 Å². The Balaban J connectivity index is 2.01. The molecule has 0 spiro atoms. The van der Waals surface area contributed by atoms with Crippen LogP contribution in [0.25, 0.3) is 10.9 Å². The molecular formula is C17H20N2O3. The van der Waals surface area contributed by atoms with Gasteiger partial charge in [-0.05, 0) is 25.8 Å². The maximum Gasteiger partial charge on any atom is 0.254 e. The van der Waals surface area contributed by atoms with E-state index in [9.17, 15) is 9.59 Å². The first kappa shape index (κ1) is 14.8. The highest BCUT2D eigenvalue weighted by atomic mass is 16.5. The van der Waals surface area contributed by atoms with Gasteiger partial charge in [-0.1, -0.05) is 18.2 Å². The van der Waals surface area contributed by atoms with E-state index in [1.54, 1.807) is 0 Å². The van der Waals surface area contributed by atoms with Gasteiger partial charge in [0.05, 0.1) is 5.56 Å². The van der Waals surface area contributed by atoms with Crippen LogP contribution < -0.4 is 5.56 Å². The van der Waals surface area contributed by atoms with Crippen molar-refractivity contribution in [3.05, 3.63) is 46.2 Å². The summed E-state index contributed by atoms with van der Waals surface area (Å²) in [6, 6.07) is 9.01. The molecule has 0 unspecified atom stereocenters. The number of hydrogen-bond donors (Lipinski definition) is 1. The van der Waals surface area contributed by atoms with Crippen molar-refractivity contribution in [1.29, 1.82) is 0 Å². The van der Waals surface area contributed by atoms with E-state index in [0.29, 0.717) is 30.8 Å². The number of hydrogen-bond acceptors (Lipinski definition) is 3. The fourth-order valence-corrected chi connectivity index (χ4v) is 3.10. The minimum absolute atomic E-state index is 0.0725. The SMILES string of the molecule is CCN(C(=O)c1cc(=O)[nH]c2ccccc12)C1CCOCC1. The predicted octanol–water partition coefficient (Wildman–Crippen LogP) is 2.17. The molecule has 5 nitrogen and oxygen atoms in total. The zero-order valence-electron chi connectivity index (χ0n) is 12.7. The van der Waals surface area contributed by atoms with Gasteiger partial charge in [0.15, 0.2) is 0 Å². The third-order valence-corrected chi connectivity index (χ3v) is 4.21. The molecule has 0 atom stereocenters. The highest BCUT2D eigenvalue weighted by molar-refractivity contribution is 6.06. The molecule has 0 aliphatic carbocycles. The summed E-state index contributed by atoms with van der Waals surface area (Å²) in [4.78, 5) is 29.5. The van der Waals surface area contributed by atoms with Crippen LogP contribution in [0, 0.1) is 0 Å². The lowest BCUT2D eigenvalue weighted by atomic mass is 10.0. The number of carbonyl (C=O) groups excluding carboxylic acids is 1. The largest absolute Gasteiger partial charge is 0.381 e. The molecule has 1 N–H and O–H groups in total. The van der Waals surface area contributed by atoms with Crippen LogP contribution in [0.15, 0.2) is 35.1 Å². The van der Waals surface area contributed by atoms with Gasteiger partial charge in [-0.2, -0.15) is 0 Å². The maximum absolute atomic E-state index is 13.0. The number of nitrogens with zero attached hydrogens (tertiary/aromatic N) is 1. The van der Waals surface area contributed by atoms with Crippen molar-refractivity contribution in [3.63, 3.8) is 0 Å². The van der Waals surface area contributed by atoms with Crippen molar-refractivity contribution in [2.45, 2.75) is 25.8 Å². The molecular weight excluding hydrogens is 280 g/mol. The maximum atomic E-state index is 13.0. The Hall–Kier alpha value is -2.14. The van der Waals surface area contributed by atoms with Crippen molar-refractivity contribution in [2.24, 2.45) is 0 Å². The fourth-order valence-electron chi connectivity index (χ4n) is 3.10.